The molecule has 1 unspecified atom stereocenters. The number of carbonyl (C=O) groups excluding carboxylic acids is 2. The maximum absolute atomic E-state index is 13.6. The predicted molar refractivity (Wildman–Crippen MR) is 146 cm³/mol. The molecule has 0 fully saturated rings. The van der Waals surface area contributed by atoms with Crippen LogP contribution < -0.4 is 5.32 Å². The molecule has 0 spiro atoms. The zero-order valence-electron chi connectivity index (χ0n) is 21.2. The van der Waals surface area contributed by atoms with E-state index >= 15 is 0 Å². The van der Waals surface area contributed by atoms with Gasteiger partial charge in [0.2, 0.25) is 11.8 Å². The smallest absolute Gasteiger partial charge is 0.243 e. The molecular weight excluding hydrogens is 452 g/mol. The molecular formula is C30H36N2O2S. The van der Waals surface area contributed by atoms with Gasteiger partial charge in [0.05, 0.1) is 5.75 Å². The van der Waals surface area contributed by atoms with Gasteiger partial charge in [0.15, 0.2) is 0 Å². The Morgan fingerprint density at radius 2 is 1.43 bits per heavy atom. The summed E-state index contributed by atoms with van der Waals surface area (Å²) in [6, 6.07) is 27.4. The molecule has 3 rings (SSSR count). The minimum atomic E-state index is -0.608. The summed E-state index contributed by atoms with van der Waals surface area (Å²) in [6.07, 6.45) is 0.462. The van der Waals surface area contributed by atoms with Gasteiger partial charge < -0.3 is 10.2 Å². The molecule has 0 saturated carbocycles. The third-order valence-corrected chi connectivity index (χ3v) is 6.68. The highest BCUT2D eigenvalue weighted by atomic mass is 32.2. The lowest BCUT2D eigenvalue weighted by atomic mass is 10.0. The van der Waals surface area contributed by atoms with Gasteiger partial charge in [-0.15, -0.1) is 11.8 Å². The minimum Gasteiger partial charge on any atom is -0.350 e. The van der Waals surface area contributed by atoms with Crippen molar-refractivity contribution in [3.8, 4) is 0 Å². The molecule has 0 aliphatic heterocycles. The fraction of sp³-hybridized carbons (Fsp3) is 0.333. The molecule has 0 saturated heterocycles. The van der Waals surface area contributed by atoms with E-state index in [9.17, 15) is 9.59 Å². The first kappa shape index (κ1) is 26.6. The zero-order valence-corrected chi connectivity index (χ0v) is 22.0. The second-order valence-corrected chi connectivity index (χ2v) is 10.9. The van der Waals surface area contributed by atoms with Crippen LogP contribution in [-0.2, 0) is 28.3 Å². The highest BCUT2D eigenvalue weighted by Gasteiger charge is 2.32. The van der Waals surface area contributed by atoms with Crippen LogP contribution >= 0.6 is 11.8 Å². The van der Waals surface area contributed by atoms with Crippen LogP contribution in [0.1, 0.15) is 43.0 Å². The van der Waals surface area contributed by atoms with Crippen LogP contribution in [0.5, 0.6) is 0 Å². The first-order valence-corrected chi connectivity index (χ1v) is 13.2. The van der Waals surface area contributed by atoms with E-state index < -0.39 is 11.6 Å². The summed E-state index contributed by atoms with van der Waals surface area (Å²) in [7, 11) is 0. The largest absolute Gasteiger partial charge is 0.350 e. The number of hydrogen-bond donors (Lipinski definition) is 1. The normalized spacial score (nSPS) is 12.1. The Balaban J connectivity index is 1.85. The zero-order chi connectivity index (χ0) is 25.3. The minimum absolute atomic E-state index is 0.0302. The number of carbonyl (C=O) groups is 2. The van der Waals surface area contributed by atoms with E-state index in [1.165, 1.54) is 11.1 Å². The van der Waals surface area contributed by atoms with Gasteiger partial charge in [0, 0.05) is 24.3 Å². The van der Waals surface area contributed by atoms with E-state index in [-0.39, 0.29) is 11.8 Å². The number of nitrogens with one attached hydrogen (secondary N) is 1. The Kier molecular flexibility index (Phi) is 9.55. The molecule has 3 aromatic rings. The predicted octanol–water partition coefficient (Wildman–Crippen LogP) is 5.78. The van der Waals surface area contributed by atoms with Crippen molar-refractivity contribution in [1.29, 1.82) is 0 Å². The van der Waals surface area contributed by atoms with Crippen molar-refractivity contribution < 1.29 is 9.59 Å². The standard InChI is InChI=1S/C30H36N2O2S/c1-23-13-11-12-18-26(23)21-35-22-28(33)32(20-25-16-9-6-10-17-25)27(29(34)31-30(2,3)4)19-24-14-7-5-8-15-24/h5-18,27H,19-22H2,1-4H3,(H,31,34). The van der Waals surface area contributed by atoms with Crippen molar-refractivity contribution in [1.82, 2.24) is 10.2 Å². The maximum atomic E-state index is 13.6. The van der Waals surface area contributed by atoms with Crippen molar-refractivity contribution in [2.45, 2.75) is 58.0 Å². The van der Waals surface area contributed by atoms with Gasteiger partial charge in [0.1, 0.15) is 6.04 Å². The second-order valence-electron chi connectivity index (χ2n) is 9.87. The van der Waals surface area contributed by atoms with E-state index in [4.69, 9.17) is 0 Å². The van der Waals surface area contributed by atoms with Crippen LogP contribution in [0.25, 0.3) is 0 Å². The molecule has 3 aromatic carbocycles. The Labute approximate surface area is 214 Å². The van der Waals surface area contributed by atoms with Crippen LogP contribution in [0.3, 0.4) is 0 Å². The second kappa shape index (κ2) is 12.6. The Morgan fingerprint density at radius 1 is 0.857 bits per heavy atom. The van der Waals surface area contributed by atoms with Gasteiger partial charge in [-0.2, -0.15) is 0 Å². The average Bonchev–Trinajstić information content (AvgIpc) is 2.82. The van der Waals surface area contributed by atoms with Crippen LogP contribution in [0, 0.1) is 6.92 Å². The van der Waals surface area contributed by atoms with Crippen molar-refractivity contribution in [3.63, 3.8) is 0 Å². The molecule has 0 aliphatic rings. The Hall–Kier alpha value is -3.05. The molecule has 35 heavy (non-hydrogen) atoms. The number of benzene rings is 3. The summed E-state index contributed by atoms with van der Waals surface area (Å²) in [4.78, 5) is 28.9. The summed E-state index contributed by atoms with van der Waals surface area (Å²) in [6.45, 7) is 8.37. The monoisotopic (exact) mass is 488 g/mol. The molecule has 1 atom stereocenters. The number of aryl methyl sites for hydroxylation is 1. The average molecular weight is 489 g/mol. The van der Waals surface area contributed by atoms with Crippen molar-refractivity contribution >= 4 is 23.6 Å². The first-order chi connectivity index (χ1) is 16.7. The lowest BCUT2D eigenvalue weighted by molar-refractivity contribution is -0.140. The van der Waals surface area contributed by atoms with Crippen LogP contribution in [-0.4, -0.2) is 34.0 Å². The highest BCUT2D eigenvalue weighted by molar-refractivity contribution is 7.99. The van der Waals surface area contributed by atoms with E-state index in [0.29, 0.717) is 18.7 Å². The van der Waals surface area contributed by atoms with Gasteiger partial charge in [-0.1, -0.05) is 84.9 Å². The van der Waals surface area contributed by atoms with Gasteiger partial charge in [-0.25, -0.2) is 0 Å². The number of hydrogen-bond acceptors (Lipinski definition) is 3. The van der Waals surface area contributed by atoms with E-state index in [1.807, 2.05) is 93.6 Å². The molecule has 0 bridgehead atoms. The summed E-state index contributed by atoms with van der Waals surface area (Å²) < 4.78 is 0. The van der Waals surface area contributed by atoms with E-state index in [1.54, 1.807) is 16.7 Å². The number of nitrogens with zero attached hydrogens (tertiary/aromatic N) is 1. The molecule has 2 amide bonds. The Morgan fingerprint density at radius 3 is 2.03 bits per heavy atom. The van der Waals surface area contributed by atoms with E-state index in [2.05, 4.69) is 24.4 Å². The van der Waals surface area contributed by atoms with Gasteiger partial charge in [-0.3, -0.25) is 9.59 Å². The fourth-order valence-electron chi connectivity index (χ4n) is 3.89. The summed E-state index contributed by atoms with van der Waals surface area (Å²) in [5.74, 6) is 0.914. The lowest BCUT2D eigenvalue weighted by Gasteiger charge is -2.34. The molecule has 0 heterocycles. The lowest BCUT2D eigenvalue weighted by Crippen LogP contribution is -2.54. The van der Waals surface area contributed by atoms with Gasteiger partial charge >= 0.3 is 0 Å². The van der Waals surface area contributed by atoms with Crippen LogP contribution in [0.15, 0.2) is 84.9 Å². The summed E-state index contributed by atoms with van der Waals surface area (Å²) in [5.41, 5.74) is 4.09. The molecule has 0 radical (unpaired) electrons. The number of amides is 2. The molecule has 0 aromatic heterocycles. The topological polar surface area (TPSA) is 49.4 Å². The van der Waals surface area contributed by atoms with Crippen molar-refractivity contribution in [2.75, 3.05) is 5.75 Å². The maximum Gasteiger partial charge on any atom is 0.243 e. The number of thioether (sulfide) groups is 1. The summed E-state index contributed by atoms with van der Waals surface area (Å²) >= 11 is 1.59. The summed E-state index contributed by atoms with van der Waals surface area (Å²) in [5, 5.41) is 3.11. The van der Waals surface area contributed by atoms with Gasteiger partial charge in [0.25, 0.3) is 0 Å². The van der Waals surface area contributed by atoms with Crippen LogP contribution in [0.4, 0.5) is 0 Å². The van der Waals surface area contributed by atoms with Crippen molar-refractivity contribution in [3.05, 3.63) is 107 Å². The van der Waals surface area contributed by atoms with Crippen molar-refractivity contribution in [2.24, 2.45) is 0 Å². The molecule has 0 aliphatic carbocycles. The van der Waals surface area contributed by atoms with Crippen LogP contribution in [0.2, 0.25) is 0 Å². The number of rotatable bonds is 10. The third kappa shape index (κ3) is 8.59. The van der Waals surface area contributed by atoms with E-state index in [0.717, 1.165) is 16.9 Å². The molecule has 184 valence electrons. The quantitative estimate of drug-likeness (QED) is 0.393. The molecule has 5 heteroatoms. The fourth-order valence-corrected chi connectivity index (χ4v) is 4.88. The molecule has 1 N–H and O–H groups in total. The Bertz CT molecular complexity index is 1090. The first-order valence-electron chi connectivity index (χ1n) is 12.0. The third-order valence-electron chi connectivity index (χ3n) is 5.71. The molecule has 4 nitrogen and oxygen atoms in total. The van der Waals surface area contributed by atoms with Gasteiger partial charge in [-0.05, 0) is 49.9 Å². The SMILES string of the molecule is Cc1ccccc1CSCC(=O)N(Cc1ccccc1)C(Cc1ccccc1)C(=O)NC(C)(C)C. The highest BCUT2D eigenvalue weighted by Crippen LogP contribution is 2.20.